The van der Waals surface area contributed by atoms with Crippen LogP contribution in [0.25, 0.3) is 0 Å². The third-order valence-corrected chi connectivity index (χ3v) is 6.28. The topological polar surface area (TPSA) is 79.3 Å². The molecule has 2 fully saturated rings. The average molecular weight is 424 g/mol. The number of nitrogens with zero attached hydrogens (tertiary/aromatic N) is 3. The van der Waals surface area contributed by atoms with Crippen LogP contribution in [0, 0.1) is 15.7 Å². The molecule has 172 valence electrons. The Labute approximate surface area is 181 Å². The number of ether oxygens (including phenoxy) is 1. The van der Waals surface area contributed by atoms with Crippen molar-refractivity contribution in [1.82, 2.24) is 9.80 Å². The number of hydrogen-bond acceptors (Lipinski definition) is 5. The van der Waals surface area contributed by atoms with E-state index in [9.17, 15) is 14.5 Å². The highest BCUT2D eigenvalue weighted by molar-refractivity contribution is 5.82. The van der Waals surface area contributed by atoms with Crippen LogP contribution >= 0.6 is 0 Å². The largest absolute Gasteiger partial charge is 0.444 e. The van der Waals surface area contributed by atoms with Gasteiger partial charge in [0.2, 0.25) is 5.91 Å². The maximum Gasteiger partial charge on any atom is 0.410 e. The van der Waals surface area contributed by atoms with Crippen molar-refractivity contribution in [3.63, 3.8) is 0 Å². The second kappa shape index (κ2) is 8.83. The smallest absolute Gasteiger partial charge is 0.410 e. The first-order chi connectivity index (χ1) is 13.6. The van der Waals surface area contributed by atoms with Crippen molar-refractivity contribution >= 4 is 12.0 Å². The fourth-order valence-corrected chi connectivity index (χ4v) is 4.58. The summed E-state index contributed by atoms with van der Waals surface area (Å²) in [6.07, 6.45) is 4.21. The molecule has 0 radical (unpaired) electrons. The number of hydrogen-bond donors (Lipinski definition) is 0. The van der Waals surface area contributed by atoms with Gasteiger partial charge >= 0.3 is 6.09 Å². The molecule has 0 aromatic heterocycles. The van der Waals surface area contributed by atoms with Gasteiger partial charge in [-0.15, -0.1) is 0 Å². The Hall–Kier alpha value is -1.66. The Bertz CT molecular complexity index is 638. The molecule has 7 nitrogen and oxygen atoms in total. The van der Waals surface area contributed by atoms with Gasteiger partial charge in [0.1, 0.15) is 12.1 Å². The van der Waals surface area contributed by atoms with Crippen molar-refractivity contribution < 1.29 is 14.3 Å². The minimum absolute atomic E-state index is 0.0188. The molecule has 2 amide bonds. The predicted molar refractivity (Wildman–Crippen MR) is 118 cm³/mol. The van der Waals surface area contributed by atoms with E-state index in [2.05, 4.69) is 19.0 Å². The number of rotatable bonds is 4. The van der Waals surface area contributed by atoms with Crippen LogP contribution in [0.15, 0.2) is 5.18 Å². The molecule has 0 bridgehead atoms. The van der Waals surface area contributed by atoms with Gasteiger partial charge < -0.3 is 14.5 Å². The number of carbonyl (C=O) groups excluding carboxylic acids is 2. The van der Waals surface area contributed by atoms with Crippen molar-refractivity contribution in [1.29, 1.82) is 0 Å². The molecular formula is C23H41N3O4. The Morgan fingerprint density at radius 3 is 2.10 bits per heavy atom. The molecule has 2 rings (SSSR count). The normalized spacial score (nSPS) is 25.1. The van der Waals surface area contributed by atoms with E-state index in [4.69, 9.17) is 4.74 Å². The van der Waals surface area contributed by atoms with Crippen molar-refractivity contribution in [2.75, 3.05) is 13.1 Å². The van der Waals surface area contributed by atoms with E-state index in [1.807, 2.05) is 46.4 Å². The lowest BCUT2D eigenvalue weighted by Gasteiger charge is -2.45. The molecule has 0 N–H and O–H groups in total. The minimum atomic E-state index is -0.621. The van der Waals surface area contributed by atoms with E-state index in [1.165, 1.54) is 0 Å². The predicted octanol–water partition coefficient (Wildman–Crippen LogP) is 4.97. The van der Waals surface area contributed by atoms with Gasteiger partial charge in [-0.1, -0.05) is 39.8 Å². The molecule has 1 aliphatic heterocycles. The zero-order chi connectivity index (χ0) is 22.9. The number of nitroso groups, excluding NO2 is 1. The molecule has 1 heterocycles. The molecule has 2 aliphatic rings. The van der Waals surface area contributed by atoms with Gasteiger partial charge in [-0.25, -0.2) is 4.79 Å². The van der Waals surface area contributed by atoms with E-state index in [1.54, 1.807) is 4.90 Å². The summed E-state index contributed by atoms with van der Waals surface area (Å²) in [5.41, 5.74) is -0.829. The minimum Gasteiger partial charge on any atom is -0.444 e. The Morgan fingerprint density at radius 1 is 1.07 bits per heavy atom. The highest BCUT2D eigenvalue weighted by Gasteiger charge is 2.46. The molecule has 1 saturated heterocycles. The van der Waals surface area contributed by atoms with Gasteiger partial charge in [0.25, 0.3) is 0 Å². The van der Waals surface area contributed by atoms with Crippen LogP contribution in [0.2, 0.25) is 0 Å². The third kappa shape index (κ3) is 6.17. The van der Waals surface area contributed by atoms with Crippen LogP contribution in [0.3, 0.4) is 0 Å². The first-order valence-corrected chi connectivity index (χ1v) is 11.3. The summed E-state index contributed by atoms with van der Waals surface area (Å²) in [5, 5.41) is 3.06. The van der Waals surface area contributed by atoms with Crippen molar-refractivity contribution in [2.24, 2.45) is 16.0 Å². The SMILES string of the molecule is CC1(C)CCC(N(C(=O)C(C)(C)C)[C@H]2C[C@@H](CN=O)N(C(=O)OC(C)(C)C)C2)CC1. The Morgan fingerprint density at radius 2 is 1.63 bits per heavy atom. The molecular weight excluding hydrogens is 382 g/mol. The summed E-state index contributed by atoms with van der Waals surface area (Å²) < 4.78 is 5.57. The molecule has 1 saturated carbocycles. The van der Waals surface area contributed by atoms with Crippen LogP contribution in [0.1, 0.15) is 87.5 Å². The van der Waals surface area contributed by atoms with E-state index in [-0.39, 0.29) is 30.6 Å². The number of carbonyl (C=O) groups is 2. The van der Waals surface area contributed by atoms with E-state index in [0.29, 0.717) is 18.4 Å². The number of likely N-dealkylation sites (tertiary alicyclic amines) is 1. The molecule has 0 aromatic rings. The van der Waals surface area contributed by atoms with Gasteiger partial charge in [-0.3, -0.25) is 4.79 Å². The first-order valence-electron chi connectivity index (χ1n) is 11.3. The average Bonchev–Trinajstić information content (AvgIpc) is 2.98. The maximum atomic E-state index is 13.5. The second-order valence-electron chi connectivity index (χ2n) is 11.8. The summed E-state index contributed by atoms with van der Waals surface area (Å²) in [4.78, 5) is 41.0. The van der Waals surface area contributed by atoms with Crippen LogP contribution < -0.4 is 0 Å². The lowest BCUT2D eigenvalue weighted by Crippen LogP contribution is -2.53. The fraction of sp³-hybridized carbons (Fsp3) is 0.913. The van der Waals surface area contributed by atoms with Gasteiger partial charge in [-0.05, 0) is 58.3 Å². The summed E-state index contributed by atoms with van der Waals surface area (Å²) in [7, 11) is 0. The van der Waals surface area contributed by atoms with Crippen molar-refractivity contribution in [3.05, 3.63) is 4.91 Å². The third-order valence-electron chi connectivity index (χ3n) is 6.28. The van der Waals surface area contributed by atoms with E-state index < -0.39 is 17.1 Å². The lowest BCUT2D eigenvalue weighted by atomic mass is 9.74. The molecule has 7 heteroatoms. The summed E-state index contributed by atoms with van der Waals surface area (Å²) >= 11 is 0. The maximum absolute atomic E-state index is 13.5. The monoisotopic (exact) mass is 423 g/mol. The standard InChI is InChI=1S/C23H41N3O4/c1-21(2,3)19(27)26(16-9-11-23(7,8)12-10-16)18-13-17(14-24-29)25(15-18)20(28)30-22(4,5)6/h16-18H,9-15H2,1-8H3/t17-,18-/m0/s1. The van der Waals surface area contributed by atoms with Crippen molar-refractivity contribution in [3.8, 4) is 0 Å². The summed E-state index contributed by atoms with van der Waals surface area (Å²) in [6, 6.07) is -0.293. The van der Waals surface area contributed by atoms with Crippen LogP contribution in [0.5, 0.6) is 0 Å². The highest BCUT2D eigenvalue weighted by Crippen LogP contribution is 2.40. The van der Waals surface area contributed by atoms with Gasteiger partial charge in [0.15, 0.2) is 0 Å². The van der Waals surface area contributed by atoms with Crippen molar-refractivity contribution in [2.45, 2.75) is 111 Å². The highest BCUT2D eigenvalue weighted by atomic mass is 16.6. The zero-order valence-electron chi connectivity index (χ0n) is 20.2. The van der Waals surface area contributed by atoms with Gasteiger partial charge in [0.05, 0.1) is 12.1 Å². The summed E-state index contributed by atoms with van der Waals surface area (Å²) in [6.45, 7) is 16.3. The van der Waals surface area contributed by atoms with E-state index >= 15 is 0 Å². The van der Waals surface area contributed by atoms with Crippen LogP contribution in [0.4, 0.5) is 4.79 Å². The fourth-order valence-electron chi connectivity index (χ4n) is 4.58. The molecule has 1 aliphatic carbocycles. The lowest BCUT2D eigenvalue weighted by molar-refractivity contribution is -0.146. The van der Waals surface area contributed by atoms with Gasteiger partial charge in [0, 0.05) is 18.0 Å². The second-order valence-corrected chi connectivity index (χ2v) is 11.8. The Balaban J connectivity index is 2.28. The quantitative estimate of drug-likeness (QED) is 0.598. The molecule has 2 atom stereocenters. The molecule has 0 spiro atoms. The van der Waals surface area contributed by atoms with Crippen LogP contribution in [-0.2, 0) is 9.53 Å². The molecule has 30 heavy (non-hydrogen) atoms. The molecule has 0 unspecified atom stereocenters. The van der Waals surface area contributed by atoms with Crippen LogP contribution in [-0.4, -0.2) is 58.6 Å². The summed E-state index contributed by atoms with van der Waals surface area (Å²) in [5.74, 6) is 0.112. The Kier molecular flexibility index (Phi) is 7.25. The first kappa shape index (κ1) is 24.6. The molecule has 0 aromatic carbocycles. The van der Waals surface area contributed by atoms with Gasteiger partial charge in [-0.2, -0.15) is 4.91 Å². The van der Waals surface area contributed by atoms with E-state index in [0.717, 1.165) is 25.7 Å². The number of amides is 2. The zero-order valence-corrected chi connectivity index (χ0v) is 20.2.